The van der Waals surface area contributed by atoms with Crippen molar-refractivity contribution in [2.75, 3.05) is 0 Å². The quantitative estimate of drug-likeness (QED) is 0.829. The number of hydrogen-bond acceptors (Lipinski definition) is 1. The molecule has 0 saturated heterocycles. The van der Waals surface area contributed by atoms with E-state index in [9.17, 15) is 9.41 Å². The Labute approximate surface area is 109 Å². The molecule has 2 aromatic rings. The van der Waals surface area contributed by atoms with E-state index in [1.165, 1.54) is 12.1 Å². The average Bonchev–Trinajstić information content (AvgIpc) is 2.32. The zero-order valence-electron chi connectivity index (χ0n) is 8.70. The van der Waals surface area contributed by atoms with Crippen LogP contribution in [0.1, 0.15) is 0 Å². The first-order chi connectivity index (χ1) is 8.08. The lowest BCUT2D eigenvalue weighted by atomic mass is 9.56. The predicted octanol–water partition coefficient (Wildman–Crippen LogP) is 2.23. The van der Waals surface area contributed by atoms with Crippen LogP contribution in [0.4, 0.5) is 4.39 Å². The van der Waals surface area contributed by atoms with Crippen LogP contribution in [0.5, 0.6) is 0 Å². The Kier molecular flexibility index (Phi) is 3.72. The van der Waals surface area contributed by atoms with Crippen LogP contribution in [-0.2, 0) is 0 Å². The Morgan fingerprint density at radius 1 is 0.941 bits per heavy atom. The monoisotopic (exact) mass is 268 g/mol. The molecule has 0 unspecified atom stereocenters. The second-order valence-corrected chi connectivity index (χ2v) is 4.45. The SMILES string of the molecule is OB(c1cccc(F)c1)c1ccc(Cl)c(Cl)c1. The van der Waals surface area contributed by atoms with Crippen molar-refractivity contribution in [2.24, 2.45) is 0 Å². The van der Waals surface area contributed by atoms with Gasteiger partial charge in [-0.1, -0.05) is 41.4 Å². The highest BCUT2D eigenvalue weighted by atomic mass is 35.5. The smallest absolute Gasteiger partial charge is 0.359 e. The van der Waals surface area contributed by atoms with E-state index in [1.807, 2.05) is 0 Å². The zero-order chi connectivity index (χ0) is 12.4. The Bertz CT molecular complexity index is 548. The molecule has 2 rings (SSSR count). The van der Waals surface area contributed by atoms with Crippen LogP contribution < -0.4 is 10.9 Å². The first-order valence-electron chi connectivity index (χ1n) is 4.96. The fraction of sp³-hybridized carbons (Fsp3) is 0. The van der Waals surface area contributed by atoms with Gasteiger partial charge in [-0.05, 0) is 35.2 Å². The molecular weight excluding hydrogens is 261 g/mol. The molecule has 5 heteroatoms. The van der Waals surface area contributed by atoms with Crippen LogP contribution in [-0.4, -0.2) is 11.9 Å². The summed E-state index contributed by atoms with van der Waals surface area (Å²) in [5.74, 6) is -0.387. The van der Waals surface area contributed by atoms with Gasteiger partial charge in [-0.3, -0.25) is 0 Å². The third kappa shape index (κ3) is 2.81. The second-order valence-electron chi connectivity index (χ2n) is 3.63. The summed E-state index contributed by atoms with van der Waals surface area (Å²) in [4.78, 5) is 0. The van der Waals surface area contributed by atoms with Crippen molar-refractivity contribution in [3.8, 4) is 0 Å². The molecule has 0 saturated carbocycles. The summed E-state index contributed by atoms with van der Waals surface area (Å²) in [5, 5.41) is 10.8. The maximum atomic E-state index is 13.0. The third-order valence-corrected chi connectivity index (χ3v) is 3.16. The first kappa shape index (κ1) is 12.4. The van der Waals surface area contributed by atoms with E-state index in [1.54, 1.807) is 30.3 Å². The minimum Gasteiger partial charge on any atom is -0.443 e. The van der Waals surface area contributed by atoms with Gasteiger partial charge in [0, 0.05) is 0 Å². The number of halogens is 3. The molecule has 0 fully saturated rings. The Morgan fingerprint density at radius 3 is 2.29 bits per heavy atom. The highest BCUT2D eigenvalue weighted by Gasteiger charge is 2.18. The molecule has 0 aliphatic rings. The molecular formula is C12H8BCl2FO. The van der Waals surface area contributed by atoms with Crippen molar-refractivity contribution in [2.45, 2.75) is 0 Å². The first-order valence-corrected chi connectivity index (χ1v) is 5.72. The van der Waals surface area contributed by atoms with E-state index in [2.05, 4.69) is 0 Å². The molecule has 0 aliphatic carbocycles. The summed E-state index contributed by atoms with van der Waals surface area (Å²) in [5.41, 5.74) is 1.05. The topological polar surface area (TPSA) is 20.2 Å². The van der Waals surface area contributed by atoms with Crippen molar-refractivity contribution < 1.29 is 9.41 Å². The van der Waals surface area contributed by atoms with Gasteiger partial charge in [-0.2, -0.15) is 0 Å². The second kappa shape index (κ2) is 5.09. The fourth-order valence-electron chi connectivity index (χ4n) is 1.55. The van der Waals surface area contributed by atoms with Gasteiger partial charge in [0.25, 0.3) is 0 Å². The van der Waals surface area contributed by atoms with E-state index >= 15 is 0 Å². The summed E-state index contributed by atoms with van der Waals surface area (Å²) in [6.45, 7) is -0.916. The van der Waals surface area contributed by atoms with Gasteiger partial charge in [-0.15, -0.1) is 0 Å². The molecule has 0 aliphatic heterocycles. The van der Waals surface area contributed by atoms with Crippen LogP contribution in [0, 0.1) is 5.82 Å². The predicted molar refractivity (Wildman–Crippen MR) is 70.1 cm³/mol. The number of hydrogen-bond donors (Lipinski definition) is 1. The van der Waals surface area contributed by atoms with Gasteiger partial charge >= 0.3 is 6.92 Å². The van der Waals surface area contributed by atoms with Crippen molar-refractivity contribution >= 4 is 41.0 Å². The standard InChI is InChI=1S/C12H8BCl2FO/c14-11-5-4-9(7-12(11)15)13(17)8-2-1-3-10(16)6-8/h1-7,17H. The molecule has 0 radical (unpaired) electrons. The van der Waals surface area contributed by atoms with Gasteiger partial charge in [0.2, 0.25) is 0 Å². The Balaban J connectivity index is 2.36. The minimum atomic E-state index is -0.916. The zero-order valence-corrected chi connectivity index (χ0v) is 10.2. The molecule has 0 heterocycles. The van der Waals surface area contributed by atoms with Gasteiger partial charge in [0.15, 0.2) is 0 Å². The largest absolute Gasteiger partial charge is 0.443 e. The molecule has 1 N–H and O–H groups in total. The van der Waals surface area contributed by atoms with Crippen LogP contribution in [0.15, 0.2) is 42.5 Å². The summed E-state index contributed by atoms with van der Waals surface area (Å²) < 4.78 is 13.0. The molecule has 2 aromatic carbocycles. The van der Waals surface area contributed by atoms with Crippen molar-refractivity contribution in [3.63, 3.8) is 0 Å². The van der Waals surface area contributed by atoms with Gasteiger partial charge in [0.05, 0.1) is 10.0 Å². The van der Waals surface area contributed by atoms with Crippen LogP contribution in [0.2, 0.25) is 10.0 Å². The van der Waals surface area contributed by atoms with Crippen molar-refractivity contribution in [1.82, 2.24) is 0 Å². The van der Waals surface area contributed by atoms with Crippen molar-refractivity contribution in [1.29, 1.82) is 0 Å². The van der Waals surface area contributed by atoms with Gasteiger partial charge in [-0.25, -0.2) is 4.39 Å². The maximum absolute atomic E-state index is 13.0. The fourth-order valence-corrected chi connectivity index (χ4v) is 1.86. The van der Waals surface area contributed by atoms with E-state index in [0.29, 0.717) is 21.0 Å². The summed E-state index contributed by atoms with van der Waals surface area (Å²) in [6, 6.07) is 10.6. The molecule has 0 amide bonds. The highest BCUT2D eigenvalue weighted by Crippen LogP contribution is 2.19. The number of benzene rings is 2. The summed E-state index contributed by atoms with van der Waals surface area (Å²) in [6.07, 6.45) is 0. The van der Waals surface area contributed by atoms with E-state index < -0.39 is 6.92 Å². The van der Waals surface area contributed by atoms with E-state index in [0.717, 1.165) is 0 Å². The number of rotatable bonds is 2. The van der Waals surface area contributed by atoms with E-state index in [4.69, 9.17) is 23.2 Å². The lowest BCUT2D eigenvalue weighted by molar-refractivity contribution is 0.598. The molecule has 1 nitrogen and oxygen atoms in total. The Morgan fingerprint density at radius 2 is 1.65 bits per heavy atom. The summed E-state index contributed by atoms with van der Waals surface area (Å²) in [7, 11) is 0. The molecule has 0 bridgehead atoms. The highest BCUT2D eigenvalue weighted by molar-refractivity contribution is 6.79. The molecule has 0 aromatic heterocycles. The lowest BCUT2D eigenvalue weighted by Crippen LogP contribution is -2.42. The van der Waals surface area contributed by atoms with Gasteiger partial charge < -0.3 is 5.02 Å². The van der Waals surface area contributed by atoms with Crippen LogP contribution >= 0.6 is 23.2 Å². The van der Waals surface area contributed by atoms with Gasteiger partial charge in [0.1, 0.15) is 5.82 Å². The molecule has 0 atom stereocenters. The minimum absolute atomic E-state index is 0.361. The summed E-state index contributed by atoms with van der Waals surface area (Å²) >= 11 is 11.6. The molecule has 0 spiro atoms. The van der Waals surface area contributed by atoms with Crippen molar-refractivity contribution in [3.05, 3.63) is 58.3 Å². The lowest BCUT2D eigenvalue weighted by Gasteiger charge is -2.08. The van der Waals surface area contributed by atoms with E-state index in [-0.39, 0.29) is 5.82 Å². The normalized spacial score (nSPS) is 10.4. The van der Waals surface area contributed by atoms with Crippen LogP contribution in [0.25, 0.3) is 0 Å². The third-order valence-electron chi connectivity index (χ3n) is 2.42. The maximum Gasteiger partial charge on any atom is 0.359 e. The van der Waals surface area contributed by atoms with Crippen LogP contribution in [0.3, 0.4) is 0 Å². The molecule has 17 heavy (non-hydrogen) atoms. The average molecular weight is 269 g/mol. The Hall–Kier alpha value is -1.03. The molecule has 86 valence electrons.